The van der Waals surface area contributed by atoms with Crippen LogP contribution in [0.5, 0.6) is 0 Å². The van der Waals surface area contributed by atoms with Crippen LogP contribution in [0.4, 0.5) is 5.69 Å². The molecular formula is C19H20N6O6S. The standard InChI is InChI=1S/C19H20N6O6S/c1-31-19(28)15-10-24(23-21-15)16-5-3-2-4-13(16)20-18(27)14-6-7-17(26)25(22-14)12-8-9-32(29,30)11-12/h2-5,10,12H,6-9,11H2,1H3,(H,20,27)/t12-/m0/s1. The van der Waals surface area contributed by atoms with Gasteiger partial charge in [0.2, 0.25) is 5.91 Å². The first kappa shape index (κ1) is 21.6. The van der Waals surface area contributed by atoms with E-state index >= 15 is 0 Å². The summed E-state index contributed by atoms with van der Waals surface area (Å²) in [6.45, 7) is 0. The Morgan fingerprint density at radius 1 is 1.22 bits per heavy atom. The maximum atomic E-state index is 12.9. The summed E-state index contributed by atoms with van der Waals surface area (Å²) in [5.74, 6) is -1.63. The van der Waals surface area contributed by atoms with Gasteiger partial charge < -0.3 is 10.1 Å². The highest BCUT2D eigenvalue weighted by molar-refractivity contribution is 7.91. The molecule has 0 spiro atoms. The Bertz CT molecular complexity index is 1220. The zero-order valence-corrected chi connectivity index (χ0v) is 17.9. The third kappa shape index (κ3) is 4.37. The molecule has 1 fully saturated rings. The first-order chi connectivity index (χ1) is 15.3. The van der Waals surface area contributed by atoms with Gasteiger partial charge in [0.05, 0.1) is 42.2 Å². The van der Waals surface area contributed by atoms with E-state index in [0.717, 1.165) is 5.01 Å². The van der Waals surface area contributed by atoms with Crippen molar-refractivity contribution in [3.8, 4) is 5.69 Å². The summed E-state index contributed by atoms with van der Waals surface area (Å²) in [6, 6.07) is 6.19. The third-order valence-electron chi connectivity index (χ3n) is 5.16. The van der Waals surface area contributed by atoms with Gasteiger partial charge in [-0.3, -0.25) is 9.59 Å². The van der Waals surface area contributed by atoms with Crippen LogP contribution in [0.15, 0.2) is 35.6 Å². The predicted octanol–water partition coefficient (Wildman–Crippen LogP) is 0.158. The number of sulfone groups is 1. The van der Waals surface area contributed by atoms with E-state index in [2.05, 4.69) is 25.5 Å². The number of aromatic nitrogens is 3. The second-order valence-electron chi connectivity index (χ2n) is 7.35. The van der Waals surface area contributed by atoms with Gasteiger partial charge in [-0.25, -0.2) is 22.9 Å². The lowest BCUT2D eigenvalue weighted by molar-refractivity contribution is -0.133. The van der Waals surface area contributed by atoms with Crippen LogP contribution in [0.2, 0.25) is 0 Å². The van der Waals surface area contributed by atoms with E-state index in [9.17, 15) is 22.8 Å². The Balaban J connectivity index is 1.55. The van der Waals surface area contributed by atoms with Crippen LogP contribution in [-0.2, 0) is 24.2 Å². The monoisotopic (exact) mass is 460 g/mol. The Kier molecular flexibility index (Phi) is 5.74. The molecule has 0 unspecified atom stereocenters. The summed E-state index contributed by atoms with van der Waals surface area (Å²) in [6.07, 6.45) is 1.87. The number of rotatable bonds is 5. The molecule has 13 heteroatoms. The molecule has 32 heavy (non-hydrogen) atoms. The van der Waals surface area contributed by atoms with Gasteiger partial charge in [-0.1, -0.05) is 17.3 Å². The molecule has 4 rings (SSSR count). The van der Waals surface area contributed by atoms with Crippen molar-refractivity contribution in [3.63, 3.8) is 0 Å². The zero-order valence-electron chi connectivity index (χ0n) is 17.1. The minimum Gasteiger partial charge on any atom is -0.464 e. The van der Waals surface area contributed by atoms with Crippen molar-refractivity contribution in [2.75, 3.05) is 23.9 Å². The largest absolute Gasteiger partial charge is 0.464 e. The number of ether oxygens (including phenoxy) is 1. The summed E-state index contributed by atoms with van der Waals surface area (Å²) in [4.78, 5) is 36.8. The van der Waals surface area contributed by atoms with E-state index in [1.165, 1.54) is 18.0 Å². The van der Waals surface area contributed by atoms with E-state index in [1.54, 1.807) is 24.3 Å². The maximum absolute atomic E-state index is 12.9. The molecule has 12 nitrogen and oxygen atoms in total. The molecule has 2 amide bonds. The number of nitrogens with zero attached hydrogens (tertiary/aromatic N) is 5. The lowest BCUT2D eigenvalue weighted by atomic mass is 10.1. The Hall–Kier alpha value is -3.61. The Labute approximate surface area is 183 Å². The normalized spacial score (nSPS) is 20.0. The summed E-state index contributed by atoms with van der Waals surface area (Å²) in [5.41, 5.74) is 0.964. The molecule has 0 bridgehead atoms. The molecule has 1 aromatic carbocycles. The van der Waals surface area contributed by atoms with Gasteiger partial charge in [0.25, 0.3) is 5.91 Å². The number of amides is 2. The second-order valence-corrected chi connectivity index (χ2v) is 9.58. The molecule has 1 saturated heterocycles. The number of esters is 1. The average molecular weight is 460 g/mol. The van der Waals surface area contributed by atoms with Gasteiger partial charge in [0.15, 0.2) is 15.5 Å². The van der Waals surface area contributed by atoms with Crippen molar-refractivity contribution < 1.29 is 27.5 Å². The number of hydrogen-bond acceptors (Lipinski definition) is 9. The third-order valence-corrected chi connectivity index (χ3v) is 6.91. The minimum absolute atomic E-state index is 0.00264. The second kappa shape index (κ2) is 8.49. The van der Waals surface area contributed by atoms with Crippen molar-refractivity contribution in [1.29, 1.82) is 0 Å². The molecule has 1 atom stereocenters. The molecule has 2 aliphatic rings. The van der Waals surface area contributed by atoms with Crippen molar-refractivity contribution in [2.24, 2.45) is 5.10 Å². The number of hydrogen-bond donors (Lipinski definition) is 1. The van der Waals surface area contributed by atoms with Crippen LogP contribution in [0.3, 0.4) is 0 Å². The number of benzene rings is 1. The summed E-state index contributed by atoms with van der Waals surface area (Å²) >= 11 is 0. The van der Waals surface area contributed by atoms with Crippen LogP contribution in [0.1, 0.15) is 29.8 Å². The smallest absolute Gasteiger partial charge is 0.360 e. The fourth-order valence-electron chi connectivity index (χ4n) is 3.54. The number of methoxy groups -OCH3 is 1. The molecule has 0 aliphatic carbocycles. The van der Waals surface area contributed by atoms with Gasteiger partial charge in [-0.2, -0.15) is 5.10 Å². The number of carbonyl (C=O) groups is 3. The van der Waals surface area contributed by atoms with Gasteiger partial charge >= 0.3 is 5.97 Å². The zero-order chi connectivity index (χ0) is 22.9. The van der Waals surface area contributed by atoms with Crippen molar-refractivity contribution >= 4 is 39.0 Å². The molecule has 1 aromatic heterocycles. The van der Waals surface area contributed by atoms with Crippen LogP contribution >= 0.6 is 0 Å². The van der Waals surface area contributed by atoms with E-state index in [0.29, 0.717) is 17.8 Å². The summed E-state index contributed by atoms with van der Waals surface area (Å²) in [5, 5.41) is 15.7. The number of nitrogens with one attached hydrogen (secondary N) is 1. The summed E-state index contributed by atoms with van der Waals surface area (Å²) < 4.78 is 29.5. The summed E-state index contributed by atoms with van der Waals surface area (Å²) in [7, 11) is -1.98. The molecule has 168 valence electrons. The lowest BCUT2D eigenvalue weighted by Gasteiger charge is -2.27. The van der Waals surface area contributed by atoms with Crippen molar-refractivity contribution in [3.05, 3.63) is 36.2 Å². The lowest BCUT2D eigenvalue weighted by Crippen LogP contribution is -2.42. The quantitative estimate of drug-likeness (QED) is 0.619. The topological polar surface area (TPSA) is 153 Å². The molecular weight excluding hydrogens is 440 g/mol. The SMILES string of the molecule is COC(=O)c1cn(-c2ccccc2NC(=O)C2=NN([C@H]3CCS(=O)(=O)C3)C(=O)CC2)nn1. The Morgan fingerprint density at radius 2 is 2.00 bits per heavy atom. The maximum Gasteiger partial charge on any atom is 0.360 e. The molecule has 3 heterocycles. The van der Waals surface area contributed by atoms with E-state index in [4.69, 9.17) is 0 Å². The van der Waals surface area contributed by atoms with Gasteiger partial charge in [-0.15, -0.1) is 5.10 Å². The van der Waals surface area contributed by atoms with E-state index in [1.807, 2.05) is 0 Å². The first-order valence-electron chi connectivity index (χ1n) is 9.79. The van der Waals surface area contributed by atoms with Gasteiger partial charge in [0, 0.05) is 12.8 Å². The van der Waals surface area contributed by atoms with E-state index < -0.39 is 27.8 Å². The van der Waals surface area contributed by atoms with Gasteiger partial charge in [-0.05, 0) is 18.6 Å². The van der Waals surface area contributed by atoms with Crippen LogP contribution in [0.25, 0.3) is 5.69 Å². The van der Waals surface area contributed by atoms with Crippen molar-refractivity contribution in [1.82, 2.24) is 20.0 Å². The number of carbonyl (C=O) groups excluding carboxylic acids is 3. The first-order valence-corrected chi connectivity index (χ1v) is 11.6. The van der Waals surface area contributed by atoms with Crippen molar-refractivity contribution in [2.45, 2.75) is 25.3 Å². The van der Waals surface area contributed by atoms with E-state index in [-0.39, 0.29) is 41.7 Å². The van der Waals surface area contributed by atoms with Gasteiger partial charge in [0.1, 0.15) is 5.71 Å². The molecule has 2 aromatic rings. The van der Waals surface area contributed by atoms with Crippen LogP contribution < -0.4 is 5.32 Å². The molecule has 1 N–H and O–H groups in total. The number of hydrazone groups is 1. The van der Waals surface area contributed by atoms with Crippen LogP contribution in [0, 0.1) is 0 Å². The fraction of sp³-hybridized carbons (Fsp3) is 0.368. The predicted molar refractivity (Wildman–Crippen MR) is 112 cm³/mol. The number of anilines is 1. The molecule has 2 aliphatic heterocycles. The average Bonchev–Trinajstić information content (AvgIpc) is 3.40. The Morgan fingerprint density at radius 3 is 2.72 bits per heavy atom. The molecule has 0 saturated carbocycles. The fourth-order valence-corrected chi connectivity index (χ4v) is 5.23. The number of para-hydroxylation sites is 2. The molecule has 0 radical (unpaired) electrons. The highest BCUT2D eigenvalue weighted by atomic mass is 32.2. The highest BCUT2D eigenvalue weighted by Gasteiger charge is 2.37. The highest BCUT2D eigenvalue weighted by Crippen LogP contribution is 2.24. The minimum atomic E-state index is -3.21. The van der Waals surface area contributed by atoms with Crippen LogP contribution in [-0.4, -0.2) is 76.6 Å².